The van der Waals surface area contributed by atoms with Gasteiger partial charge in [0.1, 0.15) is 5.82 Å². The van der Waals surface area contributed by atoms with Gasteiger partial charge in [-0.1, -0.05) is 6.07 Å². The zero-order valence-corrected chi connectivity index (χ0v) is 15.9. The first-order chi connectivity index (χ1) is 14.2. The number of halogens is 1. The average molecular weight is 392 g/mol. The number of carbonyl (C=O) groups is 1. The minimum absolute atomic E-state index is 0.157. The van der Waals surface area contributed by atoms with Gasteiger partial charge in [-0.2, -0.15) is 5.10 Å². The molecule has 5 rings (SSSR count). The Balaban J connectivity index is 1.51. The van der Waals surface area contributed by atoms with Crippen LogP contribution in [0.4, 0.5) is 10.2 Å². The highest BCUT2D eigenvalue weighted by Gasteiger charge is 2.24. The van der Waals surface area contributed by atoms with E-state index in [1.807, 2.05) is 18.2 Å². The number of hydrogen-bond donors (Lipinski definition) is 1. The molecule has 148 valence electrons. The number of anilines is 1. The van der Waals surface area contributed by atoms with Gasteiger partial charge in [0, 0.05) is 41.0 Å². The van der Waals surface area contributed by atoms with E-state index in [2.05, 4.69) is 20.4 Å². The number of carbonyl (C=O) groups excluding carboxylic acids is 1. The molecule has 6 nitrogen and oxygen atoms in total. The summed E-state index contributed by atoms with van der Waals surface area (Å²) in [5.41, 5.74) is 1.58. The van der Waals surface area contributed by atoms with Crippen molar-refractivity contribution in [2.45, 2.75) is 18.9 Å². The molecule has 29 heavy (non-hydrogen) atoms. The van der Waals surface area contributed by atoms with Crippen LogP contribution in [0.25, 0.3) is 21.9 Å². The lowest BCUT2D eigenvalue weighted by Crippen LogP contribution is -2.37. The van der Waals surface area contributed by atoms with E-state index >= 15 is 0 Å². The predicted octanol–water partition coefficient (Wildman–Crippen LogP) is 3.16. The molecule has 0 unspecified atom stereocenters. The molecule has 0 atom stereocenters. The number of fused-ring (bicyclic) bond motifs is 1. The van der Waals surface area contributed by atoms with Crippen molar-refractivity contribution in [1.29, 1.82) is 0 Å². The smallest absolute Gasteiger partial charge is 0.251 e. The van der Waals surface area contributed by atoms with Crippen LogP contribution >= 0.6 is 0 Å². The molecular weight excluding hydrogens is 371 g/mol. The second kappa shape index (κ2) is 7.40. The summed E-state index contributed by atoms with van der Waals surface area (Å²) in [6.45, 7) is 2.86. The molecule has 1 N–H and O–H groups in total. The quantitative estimate of drug-likeness (QED) is 0.739. The maximum absolute atomic E-state index is 14.6. The van der Waals surface area contributed by atoms with E-state index in [0.29, 0.717) is 29.9 Å². The van der Waals surface area contributed by atoms with Crippen molar-refractivity contribution in [2.24, 2.45) is 0 Å². The summed E-state index contributed by atoms with van der Waals surface area (Å²) in [4.78, 5) is 14.5. The summed E-state index contributed by atoms with van der Waals surface area (Å²) in [7, 11) is 0. The van der Waals surface area contributed by atoms with Crippen LogP contribution in [0.3, 0.4) is 0 Å². The van der Waals surface area contributed by atoms with Gasteiger partial charge in [-0.3, -0.25) is 4.79 Å². The Hall–Kier alpha value is -3.06. The molecule has 2 fully saturated rings. The molecule has 2 aromatic carbocycles. The Morgan fingerprint density at radius 2 is 1.97 bits per heavy atom. The van der Waals surface area contributed by atoms with Crippen molar-refractivity contribution in [2.75, 3.05) is 31.2 Å². The van der Waals surface area contributed by atoms with Crippen LogP contribution in [-0.2, 0) is 4.74 Å². The molecule has 0 radical (unpaired) electrons. The third kappa shape index (κ3) is 3.65. The first kappa shape index (κ1) is 18.0. The van der Waals surface area contributed by atoms with E-state index in [0.717, 1.165) is 42.5 Å². The number of rotatable bonds is 4. The van der Waals surface area contributed by atoms with Crippen LogP contribution in [-0.4, -0.2) is 48.4 Å². The number of nitrogens with zero attached hydrogens (tertiary/aromatic N) is 3. The van der Waals surface area contributed by atoms with E-state index in [1.165, 1.54) is 12.1 Å². The number of benzene rings is 2. The number of ether oxygens (including phenoxy) is 1. The highest BCUT2D eigenvalue weighted by atomic mass is 19.1. The number of amides is 1. The monoisotopic (exact) mass is 392 g/mol. The fourth-order valence-electron chi connectivity index (χ4n) is 3.63. The van der Waals surface area contributed by atoms with Crippen molar-refractivity contribution in [3.63, 3.8) is 0 Å². The summed E-state index contributed by atoms with van der Waals surface area (Å²) in [6.07, 6.45) is 3.71. The maximum Gasteiger partial charge on any atom is 0.251 e. The zero-order valence-electron chi connectivity index (χ0n) is 15.9. The Labute approximate surface area is 167 Å². The van der Waals surface area contributed by atoms with E-state index in [-0.39, 0.29) is 17.8 Å². The molecule has 1 saturated carbocycles. The van der Waals surface area contributed by atoms with E-state index in [4.69, 9.17) is 4.74 Å². The van der Waals surface area contributed by atoms with Crippen LogP contribution in [0.15, 0.2) is 42.6 Å². The molecule has 1 aromatic heterocycles. The summed E-state index contributed by atoms with van der Waals surface area (Å²) in [6, 6.07) is 10.5. The molecule has 7 heteroatoms. The summed E-state index contributed by atoms with van der Waals surface area (Å²) in [5.74, 6) is 0.299. The first-order valence-corrected chi connectivity index (χ1v) is 9.88. The Morgan fingerprint density at radius 1 is 1.14 bits per heavy atom. The Bertz CT molecular complexity index is 1080. The third-order valence-electron chi connectivity index (χ3n) is 5.40. The van der Waals surface area contributed by atoms with Gasteiger partial charge in [0.25, 0.3) is 5.91 Å². The summed E-state index contributed by atoms with van der Waals surface area (Å²) in [5, 5.41) is 13.2. The lowest BCUT2D eigenvalue weighted by Gasteiger charge is -2.28. The normalized spacial score (nSPS) is 16.8. The van der Waals surface area contributed by atoms with E-state index in [9.17, 15) is 9.18 Å². The topological polar surface area (TPSA) is 67.4 Å². The standard InChI is InChI=1S/C22H21FN4O2/c23-20-6-2-15(22(28)25-17-3-4-17)12-19(20)14-1-5-18-16(11-14)13-24-26-21(18)27-7-9-29-10-8-27/h1-2,5-6,11-13,17H,3-4,7-10H2,(H,25,28). The van der Waals surface area contributed by atoms with Crippen molar-refractivity contribution in [1.82, 2.24) is 15.5 Å². The largest absolute Gasteiger partial charge is 0.378 e. The molecule has 0 bridgehead atoms. The number of aromatic nitrogens is 2. The SMILES string of the molecule is O=C(NC1CC1)c1ccc(F)c(-c2ccc3c(N4CCOCC4)nncc3c2)c1. The van der Waals surface area contributed by atoms with E-state index < -0.39 is 0 Å². The predicted molar refractivity (Wildman–Crippen MR) is 108 cm³/mol. The molecule has 0 spiro atoms. The molecule has 1 amide bonds. The maximum atomic E-state index is 14.6. The van der Waals surface area contributed by atoms with Crippen LogP contribution < -0.4 is 10.2 Å². The summed E-state index contributed by atoms with van der Waals surface area (Å²) < 4.78 is 20.0. The van der Waals surface area contributed by atoms with Crippen molar-refractivity contribution < 1.29 is 13.9 Å². The molecule has 1 aliphatic carbocycles. The number of morpholine rings is 1. The molecule has 1 aliphatic heterocycles. The lowest BCUT2D eigenvalue weighted by atomic mass is 9.99. The second-order valence-corrected chi connectivity index (χ2v) is 7.51. The van der Waals surface area contributed by atoms with Gasteiger partial charge < -0.3 is 15.0 Å². The van der Waals surface area contributed by atoms with Gasteiger partial charge in [-0.15, -0.1) is 5.10 Å². The first-order valence-electron chi connectivity index (χ1n) is 9.88. The van der Waals surface area contributed by atoms with E-state index in [1.54, 1.807) is 12.3 Å². The van der Waals surface area contributed by atoms with Gasteiger partial charge >= 0.3 is 0 Å². The minimum Gasteiger partial charge on any atom is -0.378 e. The third-order valence-corrected chi connectivity index (χ3v) is 5.40. The molecule has 1 saturated heterocycles. The van der Waals surface area contributed by atoms with Gasteiger partial charge in [0.05, 0.1) is 19.4 Å². The lowest BCUT2D eigenvalue weighted by molar-refractivity contribution is 0.0951. The number of hydrogen-bond acceptors (Lipinski definition) is 5. The Kier molecular flexibility index (Phi) is 4.60. The Morgan fingerprint density at radius 3 is 2.76 bits per heavy atom. The number of nitrogens with one attached hydrogen (secondary N) is 1. The fraction of sp³-hybridized carbons (Fsp3) is 0.318. The van der Waals surface area contributed by atoms with Crippen LogP contribution in [0.2, 0.25) is 0 Å². The van der Waals surface area contributed by atoms with Crippen LogP contribution in [0.1, 0.15) is 23.2 Å². The van der Waals surface area contributed by atoms with Crippen molar-refractivity contribution in [3.05, 3.63) is 54.0 Å². The fourth-order valence-corrected chi connectivity index (χ4v) is 3.63. The minimum atomic E-state index is -0.359. The van der Waals surface area contributed by atoms with Gasteiger partial charge in [0.15, 0.2) is 5.82 Å². The highest BCUT2D eigenvalue weighted by Crippen LogP contribution is 2.31. The molecular formula is C22H21FN4O2. The average Bonchev–Trinajstić information content (AvgIpc) is 3.58. The molecule has 3 aromatic rings. The van der Waals surface area contributed by atoms with Crippen LogP contribution in [0, 0.1) is 5.82 Å². The van der Waals surface area contributed by atoms with Crippen molar-refractivity contribution >= 4 is 22.5 Å². The van der Waals surface area contributed by atoms with Gasteiger partial charge in [-0.25, -0.2) is 4.39 Å². The highest BCUT2D eigenvalue weighted by molar-refractivity contribution is 5.97. The van der Waals surface area contributed by atoms with Crippen molar-refractivity contribution in [3.8, 4) is 11.1 Å². The van der Waals surface area contributed by atoms with Crippen LogP contribution in [0.5, 0.6) is 0 Å². The summed E-state index contributed by atoms with van der Waals surface area (Å²) >= 11 is 0. The van der Waals surface area contributed by atoms with Gasteiger partial charge in [0.2, 0.25) is 0 Å². The molecule has 2 aliphatic rings. The van der Waals surface area contributed by atoms with Gasteiger partial charge in [-0.05, 0) is 48.7 Å². The molecule has 2 heterocycles. The second-order valence-electron chi connectivity index (χ2n) is 7.51. The zero-order chi connectivity index (χ0) is 19.8.